The van der Waals surface area contributed by atoms with Gasteiger partial charge in [0.05, 0.1) is 0 Å². The summed E-state index contributed by atoms with van der Waals surface area (Å²) in [6.45, 7) is 5.78. The Balaban J connectivity index is 4.78. The summed E-state index contributed by atoms with van der Waals surface area (Å²) in [5.74, 6) is 0. The smallest absolute Gasteiger partial charge is 0.371 e. The van der Waals surface area contributed by atoms with Gasteiger partial charge < -0.3 is 13.3 Å². The van der Waals surface area contributed by atoms with Crippen LogP contribution in [-0.4, -0.2) is 34.8 Å². The first kappa shape index (κ1) is 15.6. The summed E-state index contributed by atoms with van der Waals surface area (Å²) < 4.78 is 51.9. The minimum Gasteiger partial charge on any atom is -0.371 e. The zero-order valence-electron chi connectivity index (χ0n) is 9.63. The summed E-state index contributed by atoms with van der Waals surface area (Å²) >= 11 is 0. The summed E-state index contributed by atoms with van der Waals surface area (Å²) in [6.07, 6.45) is -4.27. The third-order valence-corrected chi connectivity index (χ3v) is 4.16. The summed E-state index contributed by atoms with van der Waals surface area (Å²) in [6, 6.07) is 0. The largest absolute Gasteiger partial charge is 0.529 e. The van der Waals surface area contributed by atoms with Crippen LogP contribution in [0.1, 0.15) is 20.8 Å². The zero-order chi connectivity index (χ0) is 12.7. The molecule has 0 amide bonds. The molecule has 0 unspecified atom stereocenters. The van der Waals surface area contributed by atoms with Gasteiger partial charge in [0.1, 0.15) is 0 Å². The molecule has 0 fully saturated rings. The fourth-order valence-corrected chi connectivity index (χ4v) is 3.21. The Kier molecular flexibility index (Phi) is 6.89. The first-order valence-corrected chi connectivity index (χ1v) is 6.88. The molecule has 0 atom stereocenters. The molecule has 0 N–H and O–H groups in total. The Morgan fingerprint density at radius 2 is 1.31 bits per heavy atom. The van der Waals surface area contributed by atoms with E-state index in [0.29, 0.717) is 0 Å². The van der Waals surface area contributed by atoms with Crippen molar-refractivity contribution in [1.29, 1.82) is 0 Å². The van der Waals surface area contributed by atoms with E-state index < -0.39 is 15.0 Å². The van der Waals surface area contributed by atoms with Crippen LogP contribution in [0.25, 0.3) is 0 Å². The lowest BCUT2D eigenvalue weighted by atomic mass is 10.6. The van der Waals surface area contributed by atoms with Crippen LogP contribution in [0.4, 0.5) is 13.2 Å². The van der Waals surface area contributed by atoms with E-state index in [2.05, 4.69) is 0 Å². The second kappa shape index (κ2) is 7.05. The predicted octanol–water partition coefficient (Wildman–Crippen LogP) is 2.69. The van der Waals surface area contributed by atoms with Crippen molar-refractivity contribution >= 4 is 8.80 Å². The van der Waals surface area contributed by atoms with Gasteiger partial charge in [-0.05, 0) is 26.5 Å². The SMILES string of the molecule is CCO[Si](/C=C\C(F)(F)F)(OCC)OCC. The van der Waals surface area contributed by atoms with E-state index in [1.54, 1.807) is 20.8 Å². The highest BCUT2D eigenvalue weighted by molar-refractivity contribution is 6.66. The standard InChI is InChI=1S/C9H17F3O3Si/c1-4-13-16(14-5-2,15-6-3)8-7-9(10,11)12/h7-8H,4-6H2,1-3H3/b8-7-. The van der Waals surface area contributed by atoms with E-state index in [-0.39, 0.29) is 25.9 Å². The van der Waals surface area contributed by atoms with Gasteiger partial charge >= 0.3 is 15.0 Å². The normalized spacial score (nSPS) is 13.6. The van der Waals surface area contributed by atoms with Crippen molar-refractivity contribution in [3.8, 4) is 0 Å². The topological polar surface area (TPSA) is 27.7 Å². The predicted molar refractivity (Wildman–Crippen MR) is 55.8 cm³/mol. The second-order valence-electron chi connectivity index (χ2n) is 2.78. The van der Waals surface area contributed by atoms with Gasteiger partial charge in [0, 0.05) is 25.9 Å². The van der Waals surface area contributed by atoms with E-state index >= 15 is 0 Å². The highest BCUT2D eigenvalue weighted by atomic mass is 28.4. The minimum atomic E-state index is -4.39. The van der Waals surface area contributed by atoms with Gasteiger partial charge in [-0.2, -0.15) is 13.2 Å². The molecule has 96 valence electrons. The van der Waals surface area contributed by atoms with E-state index in [0.717, 1.165) is 5.70 Å². The summed E-state index contributed by atoms with van der Waals surface area (Å²) in [4.78, 5) is 0. The van der Waals surface area contributed by atoms with E-state index in [1.807, 2.05) is 0 Å². The molecule has 0 radical (unpaired) electrons. The Hall–Kier alpha value is -0.373. The summed E-state index contributed by atoms with van der Waals surface area (Å²) in [5, 5.41) is 0. The average Bonchev–Trinajstić information content (AvgIpc) is 2.15. The lowest BCUT2D eigenvalue weighted by molar-refractivity contribution is -0.0802. The molecular weight excluding hydrogens is 241 g/mol. The highest BCUT2D eigenvalue weighted by Gasteiger charge is 2.39. The van der Waals surface area contributed by atoms with Crippen LogP contribution in [-0.2, 0) is 13.3 Å². The molecule has 7 heteroatoms. The molecule has 16 heavy (non-hydrogen) atoms. The quantitative estimate of drug-likeness (QED) is 0.657. The number of allylic oxidation sites excluding steroid dienone is 1. The van der Waals surface area contributed by atoms with E-state index in [9.17, 15) is 13.2 Å². The molecule has 0 aromatic rings. The third kappa shape index (κ3) is 6.26. The first-order chi connectivity index (χ1) is 7.39. The Labute approximate surface area is 94.6 Å². The van der Waals surface area contributed by atoms with Crippen molar-refractivity contribution in [2.45, 2.75) is 26.9 Å². The summed E-state index contributed by atoms with van der Waals surface area (Å²) in [7, 11) is -3.31. The van der Waals surface area contributed by atoms with Gasteiger partial charge in [-0.15, -0.1) is 0 Å². The molecule has 0 aliphatic rings. The van der Waals surface area contributed by atoms with Crippen molar-refractivity contribution in [3.63, 3.8) is 0 Å². The number of hydrogen-bond acceptors (Lipinski definition) is 3. The second-order valence-corrected chi connectivity index (χ2v) is 5.18. The number of alkyl halides is 3. The molecule has 0 rings (SSSR count). The van der Waals surface area contributed by atoms with Gasteiger partial charge in [-0.1, -0.05) is 0 Å². The Bertz CT molecular complexity index is 202. The number of halogens is 3. The maximum absolute atomic E-state index is 12.1. The molecule has 0 saturated heterocycles. The lowest BCUT2D eigenvalue weighted by Crippen LogP contribution is -2.44. The molecule has 0 saturated carbocycles. The number of rotatable bonds is 7. The van der Waals surface area contributed by atoms with Gasteiger partial charge in [0.15, 0.2) is 0 Å². The van der Waals surface area contributed by atoms with Crippen molar-refractivity contribution in [1.82, 2.24) is 0 Å². The Morgan fingerprint density at radius 3 is 1.56 bits per heavy atom. The van der Waals surface area contributed by atoms with Gasteiger partial charge in [0.2, 0.25) is 0 Å². The number of hydrogen-bond donors (Lipinski definition) is 0. The molecular formula is C9H17F3O3Si. The van der Waals surface area contributed by atoms with Crippen LogP contribution in [0.5, 0.6) is 0 Å². The molecule has 0 heterocycles. The van der Waals surface area contributed by atoms with Crippen molar-refractivity contribution in [2.24, 2.45) is 0 Å². The Morgan fingerprint density at radius 1 is 0.938 bits per heavy atom. The zero-order valence-corrected chi connectivity index (χ0v) is 10.6. The fourth-order valence-electron chi connectivity index (χ4n) is 1.07. The molecule has 0 spiro atoms. The third-order valence-electron chi connectivity index (χ3n) is 1.51. The molecule has 0 aliphatic heterocycles. The van der Waals surface area contributed by atoms with Gasteiger partial charge in [-0.25, -0.2) is 0 Å². The van der Waals surface area contributed by atoms with Crippen molar-refractivity contribution in [3.05, 3.63) is 11.8 Å². The monoisotopic (exact) mass is 258 g/mol. The van der Waals surface area contributed by atoms with Crippen molar-refractivity contribution < 1.29 is 26.4 Å². The van der Waals surface area contributed by atoms with Gasteiger partial charge in [0.25, 0.3) is 0 Å². The van der Waals surface area contributed by atoms with E-state index in [4.69, 9.17) is 13.3 Å². The van der Waals surface area contributed by atoms with Crippen LogP contribution >= 0.6 is 0 Å². The summed E-state index contributed by atoms with van der Waals surface area (Å²) in [5.41, 5.74) is 0.878. The van der Waals surface area contributed by atoms with Crippen molar-refractivity contribution in [2.75, 3.05) is 19.8 Å². The molecule has 0 aromatic heterocycles. The maximum atomic E-state index is 12.1. The van der Waals surface area contributed by atoms with Crippen LogP contribution in [0.2, 0.25) is 0 Å². The highest BCUT2D eigenvalue weighted by Crippen LogP contribution is 2.20. The minimum absolute atomic E-state index is 0.111. The van der Waals surface area contributed by atoms with Crippen LogP contribution in [0, 0.1) is 0 Å². The molecule has 0 aromatic carbocycles. The molecule has 3 nitrogen and oxygen atoms in total. The fraction of sp³-hybridized carbons (Fsp3) is 0.778. The molecule has 0 bridgehead atoms. The van der Waals surface area contributed by atoms with E-state index in [1.165, 1.54) is 0 Å². The van der Waals surface area contributed by atoms with Crippen LogP contribution in [0.3, 0.4) is 0 Å². The lowest BCUT2D eigenvalue weighted by Gasteiger charge is -2.25. The average molecular weight is 258 g/mol. The first-order valence-electron chi connectivity index (χ1n) is 5.08. The van der Waals surface area contributed by atoms with Crippen LogP contribution < -0.4 is 0 Å². The van der Waals surface area contributed by atoms with Gasteiger partial charge in [-0.3, -0.25) is 0 Å². The van der Waals surface area contributed by atoms with Crippen LogP contribution in [0.15, 0.2) is 11.8 Å². The maximum Gasteiger partial charge on any atom is 0.529 e. The molecule has 0 aliphatic carbocycles.